The fourth-order valence-electron chi connectivity index (χ4n) is 4.73. The van der Waals surface area contributed by atoms with Gasteiger partial charge in [-0.1, -0.05) is 30.3 Å². The molecule has 2 aromatic carbocycles. The van der Waals surface area contributed by atoms with E-state index in [0.29, 0.717) is 24.3 Å². The van der Waals surface area contributed by atoms with E-state index in [1.165, 1.54) is 0 Å². The molecule has 178 valence electrons. The van der Waals surface area contributed by atoms with E-state index < -0.39 is 0 Å². The van der Waals surface area contributed by atoms with Gasteiger partial charge in [0.2, 0.25) is 0 Å². The van der Waals surface area contributed by atoms with Crippen molar-refractivity contribution < 1.29 is 14.3 Å². The summed E-state index contributed by atoms with van der Waals surface area (Å²) in [5, 5.41) is 4.81. The number of hydrogen-bond acceptors (Lipinski definition) is 5. The van der Waals surface area contributed by atoms with Crippen LogP contribution in [0.5, 0.6) is 11.5 Å². The van der Waals surface area contributed by atoms with Gasteiger partial charge in [0.25, 0.3) is 5.91 Å². The van der Waals surface area contributed by atoms with Gasteiger partial charge in [0.15, 0.2) is 0 Å². The van der Waals surface area contributed by atoms with Crippen LogP contribution < -0.4 is 9.47 Å². The molecule has 0 saturated carbocycles. The second-order valence-corrected chi connectivity index (χ2v) is 8.58. The maximum atomic E-state index is 14.0. The molecule has 1 amide bonds. The first-order chi connectivity index (χ1) is 17.2. The second kappa shape index (κ2) is 10.0. The number of methoxy groups -OCH3 is 2. The van der Waals surface area contributed by atoms with E-state index in [4.69, 9.17) is 14.6 Å². The Bertz CT molecular complexity index is 1300. The van der Waals surface area contributed by atoms with E-state index in [-0.39, 0.29) is 11.9 Å². The molecule has 0 spiro atoms. The van der Waals surface area contributed by atoms with Crippen molar-refractivity contribution >= 4 is 5.91 Å². The van der Waals surface area contributed by atoms with Crippen LogP contribution in [0.2, 0.25) is 0 Å². The summed E-state index contributed by atoms with van der Waals surface area (Å²) in [6, 6.07) is 19.6. The molecule has 3 heterocycles. The third-order valence-electron chi connectivity index (χ3n) is 6.43. The van der Waals surface area contributed by atoms with Gasteiger partial charge in [-0.25, -0.2) is 0 Å². The van der Waals surface area contributed by atoms with Crippen LogP contribution in [0.1, 0.15) is 40.4 Å². The molecule has 7 heteroatoms. The van der Waals surface area contributed by atoms with Gasteiger partial charge in [-0.3, -0.25) is 14.5 Å². The molecule has 35 heavy (non-hydrogen) atoms. The number of ether oxygens (including phenoxy) is 2. The Balaban J connectivity index is 1.51. The van der Waals surface area contributed by atoms with Crippen molar-refractivity contribution in [1.82, 2.24) is 19.7 Å². The summed E-state index contributed by atoms with van der Waals surface area (Å²) in [7, 11) is 3.28. The van der Waals surface area contributed by atoms with Crippen LogP contribution in [0.25, 0.3) is 11.3 Å². The highest BCUT2D eigenvalue weighted by atomic mass is 16.5. The topological polar surface area (TPSA) is 69.5 Å². The van der Waals surface area contributed by atoms with Crippen molar-refractivity contribution in [2.24, 2.45) is 0 Å². The number of nitrogens with zero attached hydrogens (tertiary/aromatic N) is 4. The Labute approximate surface area is 204 Å². The summed E-state index contributed by atoms with van der Waals surface area (Å²) in [4.78, 5) is 20.2. The van der Waals surface area contributed by atoms with Gasteiger partial charge in [0.1, 0.15) is 17.2 Å². The van der Waals surface area contributed by atoms with E-state index in [2.05, 4.69) is 17.1 Å². The van der Waals surface area contributed by atoms with Crippen LogP contribution in [-0.2, 0) is 6.54 Å². The van der Waals surface area contributed by atoms with E-state index in [9.17, 15) is 4.79 Å². The lowest BCUT2D eigenvalue weighted by Crippen LogP contribution is -2.31. The zero-order valence-electron chi connectivity index (χ0n) is 19.9. The molecule has 0 aliphatic carbocycles. The lowest BCUT2D eigenvalue weighted by molar-refractivity contribution is 0.0735. The average molecular weight is 469 g/mol. The SMILES string of the molecule is COc1ccc(C2CCCN2C(=O)c2cn(Cc3ccccc3)nc2-c2cccnc2)c(OC)c1. The largest absolute Gasteiger partial charge is 0.497 e. The molecule has 4 aromatic rings. The predicted octanol–water partition coefficient (Wildman–Crippen LogP) is 4.99. The molecule has 2 aromatic heterocycles. The van der Waals surface area contributed by atoms with Crippen molar-refractivity contribution in [2.45, 2.75) is 25.4 Å². The quantitative estimate of drug-likeness (QED) is 0.382. The number of hydrogen-bond donors (Lipinski definition) is 0. The number of carbonyl (C=O) groups is 1. The summed E-state index contributed by atoms with van der Waals surface area (Å²) in [6.07, 6.45) is 7.12. The maximum absolute atomic E-state index is 14.0. The summed E-state index contributed by atoms with van der Waals surface area (Å²) in [5.74, 6) is 1.41. The van der Waals surface area contributed by atoms with E-state index in [1.54, 1.807) is 26.6 Å². The standard InChI is InChI=1S/C28H28N4O3/c1-34-22-12-13-23(26(16-22)35-2)25-11-7-15-32(25)28(33)24-19-31(18-20-8-4-3-5-9-20)30-27(24)21-10-6-14-29-17-21/h3-6,8-10,12-14,16-17,19,25H,7,11,15,18H2,1-2H3. The van der Waals surface area contributed by atoms with Crippen molar-refractivity contribution in [1.29, 1.82) is 0 Å². The molecule has 0 N–H and O–H groups in total. The Hall–Kier alpha value is -4.13. The van der Waals surface area contributed by atoms with Crippen LogP contribution in [0.15, 0.2) is 79.3 Å². The highest BCUT2D eigenvalue weighted by Gasteiger charge is 2.34. The van der Waals surface area contributed by atoms with Crippen molar-refractivity contribution in [3.8, 4) is 22.8 Å². The number of carbonyl (C=O) groups excluding carboxylic acids is 1. The number of pyridine rings is 1. The fourth-order valence-corrected chi connectivity index (χ4v) is 4.73. The Morgan fingerprint density at radius 3 is 2.66 bits per heavy atom. The van der Waals surface area contributed by atoms with Crippen molar-refractivity contribution in [3.05, 3.63) is 95.9 Å². The number of aromatic nitrogens is 3. The van der Waals surface area contributed by atoms with Gasteiger partial charge >= 0.3 is 0 Å². The van der Waals surface area contributed by atoms with Gasteiger partial charge < -0.3 is 14.4 Å². The lowest BCUT2D eigenvalue weighted by Gasteiger charge is -2.26. The van der Waals surface area contributed by atoms with Gasteiger partial charge in [0, 0.05) is 42.3 Å². The number of rotatable bonds is 7. The molecule has 7 nitrogen and oxygen atoms in total. The molecule has 1 aliphatic rings. The fraction of sp³-hybridized carbons (Fsp3) is 0.250. The van der Waals surface area contributed by atoms with Gasteiger partial charge in [0.05, 0.1) is 32.4 Å². The monoisotopic (exact) mass is 468 g/mol. The van der Waals surface area contributed by atoms with E-state index in [0.717, 1.165) is 41.0 Å². The molecule has 1 aliphatic heterocycles. The van der Waals surface area contributed by atoms with Gasteiger partial charge in [-0.05, 0) is 42.7 Å². The van der Waals surface area contributed by atoms with E-state index >= 15 is 0 Å². The van der Waals surface area contributed by atoms with Gasteiger partial charge in [-0.15, -0.1) is 0 Å². The summed E-state index contributed by atoms with van der Waals surface area (Å²) in [5.41, 5.74) is 4.15. The first-order valence-corrected chi connectivity index (χ1v) is 11.7. The number of amides is 1. The Kier molecular flexibility index (Phi) is 6.48. The number of benzene rings is 2. The third kappa shape index (κ3) is 4.62. The zero-order valence-corrected chi connectivity index (χ0v) is 19.9. The average Bonchev–Trinajstić information content (AvgIpc) is 3.57. The normalized spacial score (nSPS) is 15.3. The first-order valence-electron chi connectivity index (χ1n) is 11.7. The first kappa shape index (κ1) is 22.7. The molecule has 1 fully saturated rings. The van der Waals surface area contributed by atoms with Crippen LogP contribution in [0, 0.1) is 0 Å². The minimum absolute atomic E-state index is 0.0384. The molecule has 1 saturated heterocycles. The smallest absolute Gasteiger partial charge is 0.258 e. The molecule has 5 rings (SSSR count). The van der Waals surface area contributed by atoms with Crippen LogP contribution in [0.3, 0.4) is 0 Å². The summed E-state index contributed by atoms with van der Waals surface area (Å²) < 4.78 is 12.8. The molecule has 1 atom stereocenters. The highest BCUT2D eigenvalue weighted by Crippen LogP contribution is 2.40. The Morgan fingerprint density at radius 2 is 1.91 bits per heavy atom. The van der Waals surface area contributed by atoms with Gasteiger partial charge in [-0.2, -0.15) is 5.10 Å². The Morgan fingerprint density at radius 1 is 1.06 bits per heavy atom. The lowest BCUT2D eigenvalue weighted by atomic mass is 10.0. The molecule has 1 unspecified atom stereocenters. The molecular weight excluding hydrogens is 440 g/mol. The van der Waals surface area contributed by atoms with Crippen LogP contribution in [0.4, 0.5) is 0 Å². The highest BCUT2D eigenvalue weighted by molar-refractivity contribution is 6.00. The minimum Gasteiger partial charge on any atom is -0.497 e. The minimum atomic E-state index is -0.0809. The summed E-state index contributed by atoms with van der Waals surface area (Å²) >= 11 is 0. The van der Waals surface area contributed by atoms with Crippen molar-refractivity contribution in [3.63, 3.8) is 0 Å². The third-order valence-corrected chi connectivity index (χ3v) is 6.43. The molecular formula is C28H28N4O3. The predicted molar refractivity (Wildman–Crippen MR) is 134 cm³/mol. The second-order valence-electron chi connectivity index (χ2n) is 8.58. The van der Waals surface area contributed by atoms with Crippen molar-refractivity contribution in [2.75, 3.05) is 20.8 Å². The van der Waals surface area contributed by atoms with E-state index in [1.807, 2.05) is 64.3 Å². The van der Waals surface area contributed by atoms with Crippen LogP contribution in [-0.4, -0.2) is 46.3 Å². The zero-order chi connectivity index (χ0) is 24.2. The maximum Gasteiger partial charge on any atom is 0.258 e. The number of likely N-dealkylation sites (tertiary alicyclic amines) is 1. The summed E-state index contributed by atoms with van der Waals surface area (Å²) in [6.45, 7) is 1.26. The molecule has 0 bridgehead atoms. The van der Waals surface area contributed by atoms with Crippen LogP contribution >= 0.6 is 0 Å². The molecule has 0 radical (unpaired) electrons.